The number of anilines is 4. The molecule has 0 atom stereocenters. The fraction of sp³-hybridized carbons (Fsp3) is 0.395. The summed E-state index contributed by atoms with van der Waals surface area (Å²) >= 11 is 0. The van der Waals surface area contributed by atoms with Crippen molar-refractivity contribution in [2.45, 2.75) is 58.3 Å². The first-order chi connectivity index (χ1) is 26.8. The second kappa shape index (κ2) is 18.8. The monoisotopic (exact) mass is 738 g/mol. The molecule has 0 spiro atoms. The van der Waals surface area contributed by atoms with Crippen molar-refractivity contribution in [2.75, 3.05) is 72.8 Å². The molecule has 284 valence electrons. The summed E-state index contributed by atoms with van der Waals surface area (Å²) in [6, 6.07) is 25.8. The number of piperazine rings is 2. The van der Waals surface area contributed by atoms with Crippen LogP contribution in [0.25, 0.3) is 0 Å². The van der Waals surface area contributed by atoms with Crippen LogP contribution in [0.3, 0.4) is 0 Å². The summed E-state index contributed by atoms with van der Waals surface area (Å²) in [5.74, 6) is 1.93. The summed E-state index contributed by atoms with van der Waals surface area (Å²) in [6.07, 6.45) is 9.41. The zero-order valence-electron chi connectivity index (χ0n) is 31.9. The van der Waals surface area contributed by atoms with E-state index < -0.39 is 0 Å². The molecule has 2 aromatic carbocycles. The molecule has 4 amide bonds. The number of hydrogen-bond donors (Lipinski definition) is 2. The molecule has 55 heavy (non-hydrogen) atoms. The van der Waals surface area contributed by atoms with Crippen LogP contribution in [0.2, 0.25) is 0 Å². The van der Waals surface area contributed by atoms with E-state index in [1.165, 1.54) is 11.1 Å². The minimum absolute atomic E-state index is 0.0657. The number of amides is 4. The highest BCUT2D eigenvalue weighted by molar-refractivity contribution is 5.91. The fourth-order valence-corrected chi connectivity index (χ4v) is 7.16. The lowest BCUT2D eigenvalue weighted by atomic mass is 9.95. The van der Waals surface area contributed by atoms with Crippen LogP contribution in [0.1, 0.15) is 73.3 Å². The van der Waals surface area contributed by atoms with E-state index in [1.807, 2.05) is 34.1 Å². The van der Waals surface area contributed by atoms with E-state index in [-0.39, 0.29) is 18.0 Å². The lowest BCUT2D eigenvalue weighted by Gasteiger charge is -2.35. The van der Waals surface area contributed by atoms with Crippen molar-refractivity contribution >= 4 is 35.1 Å². The number of nitriles is 2. The van der Waals surface area contributed by atoms with Gasteiger partial charge in [-0.2, -0.15) is 10.5 Å². The summed E-state index contributed by atoms with van der Waals surface area (Å²) in [5, 5.41) is 24.4. The second-order valence-electron chi connectivity index (χ2n) is 14.5. The van der Waals surface area contributed by atoms with Crippen molar-refractivity contribution in [2.24, 2.45) is 0 Å². The number of para-hydroxylation sites is 1. The van der Waals surface area contributed by atoms with Crippen LogP contribution in [-0.4, -0.2) is 84.2 Å². The van der Waals surface area contributed by atoms with E-state index in [2.05, 4.69) is 86.7 Å². The van der Waals surface area contributed by atoms with Crippen LogP contribution in [0, 0.1) is 22.7 Å². The van der Waals surface area contributed by atoms with Crippen molar-refractivity contribution in [3.63, 3.8) is 0 Å². The van der Waals surface area contributed by atoms with E-state index in [9.17, 15) is 9.59 Å². The number of benzene rings is 2. The Morgan fingerprint density at radius 2 is 1.18 bits per heavy atom. The average Bonchev–Trinajstić information content (AvgIpc) is 3.23. The van der Waals surface area contributed by atoms with Gasteiger partial charge in [-0.15, -0.1) is 0 Å². The highest BCUT2D eigenvalue weighted by Gasteiger charge is 2.24. The van der Waals surface area contributed by atoms with Gasteiger partial charge in [0.25, 0.3) is 0 Å². The molecule has 12 heteroatoms. The molecule has 12 nitrogen and oxygen atoms in total. The molecule has 2 aliphatic rings. The highest BCUT2D eigenvalue weighted by atomic mass is 16.2. The maximum atomic E-state index is 13.5. The van der Waals surface area contributed by atoms with Crippen LogP contribution in [0.5, 0.6) is 0 Å². The number of aryl methyl sites for hydroxylation is 2. The standard InChI is InChI=1S/C43H50N10O2/c1-32(2)38-11-7-10-36(41(38)49-43(55)53-26-22-51(23-27-53)40-19-15-35(29-45)31-47-40)9-6-4-3-5-8-33-12-16-37(17-13-33)48-42(54)52-24-20-50(21-25-52)39-18-14-34(28-44)30-46-39/h7,10-19,30-32H,3-6,8-9,20-27H2,1-2H3,(H,48,54)(H,49,55). The average molecular weight is 739 g/mol. The molecule has 0 aliphatic carbocycles. The number of hydrogen-bond acceptors (Lipinski definition) is 8. The van der Waals surface area contributed by atoms with Gasteiger partial charge in [0.05, 0.1) is 11.1 Å². The Bertz CT molecular complexity index is 1970. The SMILES string of the molecule is CC(C)c1cccc(CCCCCCc2ccc(NC(=O)N3CCN(c4ccc(C#N)cn4)CC3)cc2)c1NC(=O)N1CCN(c2ccc(C#N)cn2)CC1. The van der Waals surface area contributed by atoms with Crippen molar-refractivity contribution in [1.82, 2.24) is 19.8 Å². The molecule has 2 saturated heterocycles. The number of rotatable bonds is 12. The number of pyridine rings is 2. The Labute approximate surface area is 324 Å². The summed E-state index contributed by atoms with van der Waals surface area (Å²) in [7, 11) is 0. The van der Waals surface area contributed by atoms with Gasteiger partial charge in [0.1, 0.15) is 23.8 Å². The van der Waals surface area contributed by atoms with Gasteiger partial charge in [-0.1, -0.05) is 57.0 Å². The third kappa shape index (κ3) is 10.3. The Balaban J connectivity index is 0.906. The van der Waals surface area contributed by atoms with Gasteiger partial charge < -0.3 is 30.2 Å². The van der Waals surface area contributed by atoms with E-state index >= 15 is 0 Å². The lowest BCUT2D eigenvalue weighted by molar-refractivity contribution is 0.207. The second-order valence-corrected chi connectivity index (χ2v) is 14.5. The van der Waals surface area contributed by atoms with Crippen LogP contribution in [0.4, 0.5) is 32.6 Å². The maximum absolute atomic E-state index is 13.5. The zero-order chi connectivity index (χ0) is 38.6. The molecule has 6 rings (SSSR count). The van der Waals surface area contributed by atoms with E-state index in [4.69, 9.17) is 10.5 Å². The van der Waals surface area contributed by atoms with Gasteiger partial charge in [-0.25, -0.2) is 19.6 Å². The van der Waals surface area contributed by atoms with Crippen LogP contribution in [-0.2, 0) is 12.8 Å². The highest BCUT2D eigenvalue weighted by Crippen LogP contribution is 2.30. The number of unbranched alkanes of at least 4 members (excludes halogenated alkanes) is 3. The molecule has 2 aromatic heterocycles. The number of nitrogens with zero attached hydrogens (tertiary/aromatic N) is 8. The molecule has 2 N–H and O–H groups in total. The smallest absolute Gasteiger partial charge is 0.321 e. The van der Waals surface area contributed by atoms with E-state index in [0.717, 1.165) is 67.1 Å². The Kier molecular flexibility index (Phi) is 13.2. The van der Waals surface area contributed by atoms with Crippen LogP contribution in [0.15, 0.2) is 79.1 Å². The minimum atomic E-state index is -0.0986. The minimum Gasteiger partial charge on any atom is -0.353 e. The first-order valence-corrected chi connectivity index (χ1v) is 19.4. The van der Waals surface area contributed by atoms with Gasteiger partial charge in [0.2, 0.25) is 0 Å². The number of aromatic nitrogens is 2. The summed E-state index contributed by atoms with van der Waals surface area (Å²) in [5.41, 5.74) is 6.41. The Morgan fingerprint density at radius 1 is 0.655 bits per heavy atom. The lowest BCUT2D eigenvalue weighted by Crippen LogP contribution is -2.50. The third-order valence-corrected chi connectivity index (χ3v) is 10.4. The molecular formula is C43H50N10O2. The maximum Gasteiger partial charge on any atom is 0.321 e. The van der Waals surface area contributed by atoms with Gasteiger partial charge in [-0.05, 0) is 84.7 Å². The molecule has 4 aromatic rings. The topological polar surface area (TPSA) is 145 Å². The van der Waals surface area contributed by atoms with E-state index in [0.29, 0.717) is 63.5 Å². The normalized spacial score (nSPS) is 14.3. The van der Waals surface area contributed by atoms with Gasteiger partial charge in [0, 0.05) is 76.1 Å². The molecule has 2 aliphatic heterocycles. The van der Waals surface area contributed by atoms with Gasteiger partial charge in [-0.3, -0.25) is 0 Å². The molecule has 4 heterocycles. The first kappa shape index (κ1) is 38.6. The molecule has 0 unspecified atom stereocenters. The first-order valence-electron chi connectivity index (χ1n) is 19.4. The molecule has 2 fully saturated rings. The Hall–Kier alpha value is -6.14. The van der Waals surface area contributed by atoms with Crippen molar-refractivity contribution in [1.29, 1.82) is 10.5 Å². The van der Waals surface area contributed by atoms with Crippen LogP contribution < -0.4 is 20.4 Å². The number of nitrogens with one attached hydrogen (secondary N) is 2. The molecular weight excluding hydrogens is 689 g/mol. The fourth-order valence-electron chi connectivity index (χ4n) is 7.16. The number of urea groups is 2. The Morgan fingerprint density at radius 3 is 1.67 bits per heavy atom. The summed E-state index contributed by atoms with van der Waals surface area (Å²) in [6.45, 7) is 9.48. The molecule has 0 radical (unpaired) electrons. The van der Waals surface area contributed by atoms with Crippen molar-refractivity contribution < 1.29 is 9.59 Å². The molecule has 0 saturated carbocycles. The zero-order valence-corrected chi connectivity index (χ0v) is 31.9. The van der Waals surface area contributed by atoms with Crippen molar-refractivity contribution in [3.8, 4) is 12.1 Å². The molecule has 0 bridgehead atoms. The van der Waals surface area contributed by atoms with Gasteiger partial charge in [0.15, 0.2) is 0 Å². The summed E-state index contributed by atoms with van der Waals surface area (Å²) in [4.78, 5) is 43.2. The predicted octanol–water partition coefficient (Wildman–Crippen LogP) is 7.40. The predicted molar refractivity (Wildman–Crippen MR) is 216 cm³/mol. The van der Waals surface area contributed by atoms with Gasteiger partial charge >= 0.3 is 12.1 Å². The quantitative estimate of drug-likeness (QED) is 0.143. The van der Waals surface area contributed by atoms with E-state index in [1.54, 1.807) is 24.5 Å². The van der Waals surface area contributed by atoms with Crippen molar-refractivity contribution in [3.05, 3.63) is 107 Å². The largest absolute Gasteiger partial charge is 0.353 e. The number of carbonyl (C=O) groups is 2. The third-order valence-electron chi connectivity index (χ3n) is 10.4. The number of carbonyl (C=O) groups excluding carboxylic acids is 2. The summed E-state index contributed by atoms with van der Waals surface area (Å²) < 4.78 is 0. The van der Waals surface area contributed by atoms with Crippen LogP contribution >= 0.6 is 0 Å².